The van der Waals surface area contributed by atoms with Crippen molar-refractivity contribution in [3.05, 3.63) is 67.8 Å². The summed E-state index contributed by atoms with van der Waals surface area (Å²) in [6, 6.07) is 15.8. The molecule has 2 aromatic carbocycles. The zero-order valence-electron chi connectivity index (χ0n) is 10.8. The molecule has 0 fully saturated rings. The normalized spacial score (nSPS) is 10.1. The molecule has 2 aromatic rings. The lowest BCUT2D eigenvalue weighted by Crippen LogP contribution is -2.09. The molecular weight excluding hydrogens is 478 g/mol. The highest BCUT2D eigenvalue weighted by atomic mass is 127. The average Bonchev–Trinajstić information content (AvgIpc) is 2.45. The van der Waals surface area contributed by atoms with E-state index in [-0.39, 0.29) is 0 Å². The molecule has 4 heteroatoms. The maximum Gasteiger partial charge on any atom is 0.133 e. The second kappa shape index (κ2) is 7.87. The highest BCUT2D eigenvalue weighted by molar-refractivity contribution is 14.1. The first-order chi connectivity index (χ1) is 9.66. The molecule has 104 valence electrons. The van der Waals surface area contributed by atoms with Gasteiger partial charge in [-0.3, -0.25) is 0 Å². The number of para-hydroxylation sites is 2. The van der Waals surface area contributed by atoms with Gasteiger partial charge in [-0.05, 0) is 75.0 Å². The Bertz CT molecular complexity index is 545. The Kier molecular flexibility index (Phi) is 6.15. The molecule has 0 N–H and O–H groups in total. The van der Waals surface area contributed by atoms with Gasteiger partial charge in [-0.2, -0.15) is 0 Å². The first-order valence-corrected chi connectivity index (χ1v) is 8.24. The minimum Gasteiger partial charge on any atom is -0.488 e. The third kappa shape index (κ3) is 4.66. The fraction of sp³-hybridized carbons (Fsp3) is 0.125. The van der Waals surface area contributed by atoms with Crippen molar-refractivity contribution in [1.29, 1.82) is 0 Å². The Morgan fingerprint density at radius 1 is 0.800 bits per heavy atom. The number of rotatable bonds is 6. The zero-order chi connectivity index (χ0) is 14.4. The van der Waals surface area contributed by atoms with E-state index in [1.807, 2.05) is 48.5 Å². The van der Waals surface area contributed by atoms with Crippen LogP contribution in [0, 0.1) is 7.14 Å². The summed E-state index contributed by atoms with van der Waals surface area (Å²) in [6.07, 6.45) is 0. The smallest absolute Gasteiger partial charge is 0.133 e. The van der Waals surface area contributed by atoms with Crippen LogP contribution in [0.15, 0.2) is 60.7 Å². The molecule has 0 saturated heterocycles. The summed E-state index contributed by atoms with van der Waals surface area (Å²) in [4.78, 5) is 0. The van der Waals surface area contributed by atoms with Crippen LogP contribution in [0.1, 0.15) is 0 Å². The molecule has 0 aliphatic carbocycles. The van der Waals surface area contributed by atoms with Gasteiger partial charge >= 0.3 is 0 Å². The molecule has 2 nitrogen and oxygen atoms in total. The van der Waals surface area contributed by atoms with Crippen molar-refractivity contribution in [1.82, 2.24) is 0 Å². The summed E-state index contributed by atoms with van der Waals surface area (Å²) in [5.41, 5.74) is 0.907. The van der Waals surface area contributed by atoms with Gasteiger partial charge in [0.2, 0.25) is 0 Å². The van der Waals surface area contributed by atoms with Gasteiger partial charge in [0.25, 0.3) is 0 Å². The first-order valence-electron chi connectivity index (χ1n) is 6.08. The molecule has 0 radical (unpaired) electrons. The first kappa shape index (κ1) is 15.6. The van der Waals surface area contributed by atoms with Crippen LogP contribution in [-0.4, -0.2) is 13.2 Å². The van der Waals surface area contributed by atoms with Gasteiger partial charge in [0, 0.05) is 0 Å². The predicted octanol–water partition coefficient (Wildman–Crippen LogP) is 4.91. The quantitative estimate of drug-likeness (QED) is 0.422. The van der Waals surface area contributed by atoms with Crippen LogP contribution in [0.25, 0.3) is 0 Å². The fourth-order valence-corrected chi connectivity index (χ4v) is 2.61. The number of benzene rings is 2. The van der Waals surface area contributed by atoms with Crippen molar-refractivity contribution < 1.29 is 9.47 Å². The molecule has 0 aliphatic heterocycles. The highest BCUT2D eigenvalue weighted by Crippen LogP contribution is 2.21. The van der Waals surface area contributed by atoms with Crippen LogP contribution >= 0.6 is 45.2 Å². The van der Waals surface area contributed by atoms with Crippen molar-refractivity contribution in [3.63, 3.8) is 0 Å². The standard InChI is InChI=1S/C16H14I2O2/c1-12(10-19-15-8-4-2-6-13(15)17)11-20-16-9-5-3-7-14(16)18/h2-9H,1,10-11H2. The van der Waals surface area contributed by atoms with Gasteiger partial charge in [-0.15, -0.1) is 0 Å². The van der Waals surface area contributed by atoms with Crippen LogP contribution in [0.5, 0.6) is 11.5 Å². The summed E-state index contributed by atoms with van der Waals surface area (Å²) < 4.78 is 13.6. The minimum atomic E-state index is 0.462. The van der Waals surface area contributed by atoms with Gasteiger partial charge in [-0.25, -0.2) is 0 Å². The van der Waals surface area contributed by atoms with Crippen molar-refractivity contribution >= 4 is 45.2 Å². The maximum absolute atomic E-state index is 5.73. The van der Waals surface area contributed by atoms with Gasteiger partial charge in [-0.1, -0.05) is 30.8 Å². The van der Waals surface area contributed by atoms with E-state index in [4.69, 9.17) is 9.47 Å². The van der Waals surface area contributed by atoms with Crippen molar-refractivity contribution in [2.75, 3.05) is 13.2 Å². The van der Waals surface area contributed by atoms with Crippen molar-refractivity contribution in [3.8, 4) is 11.5 Å². The van der Waals surface area contributed by atoms with E-state index in [1.54, 1.807) is 0 Å². The molecule has 0 heterocycles. The summed E-state index contributed by atoms with van der Waals surface area (Å²) >= 11 is 4.51. The van der Waals surface area contributed by atoms with Crippen LogP contribution in [0.2, 0.25) is 0 Å². The van der Waals surface area contributed by atoms with E-state index in [2.05, 4.69) is 51.8 Å². The van der Waals surface area contributed by atoms with E-state index < -0.39 is 0 Å². The van der Waals surface area contributed by atoms with Crippen molar-refractivity contribution in [2.24, 2.45) is 0 Å². The summed E-state index contributed by atoms with van der Waals surface area (Å²) in [6.45, 7) is 4.91. The van der Waals surface area contributed by atoms with E-state index >= 15 is 0 Å². The Morgan fingerprint density at radius 2 is 1.20 bits per heavy atom. The Labute approximate surface area is 146 Å². The molecule has 0 atom stereocenters. The fourth-order valence-electron chi connectivity index (χ4n) is 1.52. The van der Waals surface area contributed by atoms with E-state index in [0.717, 1.165) is 24.2 Å². The monoisotopic (exact) mass is 492 g/mol. The molecule has 0 saturated carbocycles. The van der Waals surface area contributed by atoms with Crippen LogP contribution in [0.4, 0.5) is 0 Å². The van der Waals surface area contributed by atoms with Crippen molar-refractivity contribution in [2.45, 2.75) is 0 Å². The molecule has 0 bridgehead atoms. The third-order valence-corrected chi connectivity index (χ3v) is 4.32. The molecule has 0 aromatic heterocycles. The number of hydrogen-bond acceptors (Lipinski definition) is 2. The lowest BCUT2D eigenvalue weighted by molar-refractivity contribution is 0.299. The lowest BCUT2D eigenvalue weighted by Gasteiger charge is -2.12. The topological polar surface area (TPSA) is 18.5 Å². The summed E-state index contributed by atoms with van der Waals surface area (Å²) in [7, 11) is 0. The zero-order valence-corrected chi connectivity index (χ0v) is 15.1. The van der Waals surface area contributed by atoms with Gasteiger partial charge in [0.15, 0.2) is 0 Å². The largest absolute Gasteiger partial charge is 0.488 e. The number of ether oxygens (including phenoxy) is 2. The summed E-state index contributed by atoms with van der Waals surface area (Å²) in [5, 5.41) is 0. The average molecular weight is 492 g/mol. The van der Waals surface area contributed by atoms with E-state index in [9.17, 15) is 0 Å². The SMILES string of the molecule is C=C(COc1ccccc1I)COc1ccccc1I. The molecule has 0 aliphatic rings. The van der Waals surface area contributed by atoms with Gasteiger partial charge < -0.3 is 9.47 Å². The molecule has 0 spiro atoms. The lowest BCUT2D eigenvalue weighted by atomic mass is 10.3. The maximum atomic E-state index is 5.73. The second-order valence-corrected chi connectivity index (χ2v) is 6.51. The number of hydrogen-bond donors (Lipinski definition) is 0. The Morgan fingerprint density at radius 3 is 1.60 bits per heavy atom. The van der Waals surface area contributed by atoms with E-state index in [0.29, 0.717) is 13.2 Å². The van der Waals surface area contributed by atoms with Crippen LogP contribution in [-0.2, 0) is 0 Å². The molecule has 2 rings (SSSR count). The van der Waals surface area contributed by atoms with Gasteiger partial charge in [0.05, 0.1) is 7.14 Å². The second-order valence-electron chi connectivity index (χ2n) is 4.19. The molecule has 0 amide bonds. The third-order valence-electron chi connectivity index (χ3n) is 2.54. The molecule has 20 heavy (non-hydrogen) atoms. The van der Waals surface area contributed by atoms with Gasteiger partial charge in [0.1, 0.15) is 24.7 Å². The number of halogens is 2. The van der Waals surface area contributed by atoms with E-state index in [1.165, 1.54) is 0 Å². The minimum absolute atomic E-state index is 0.462. The summed E-state index contributed by atoms with van der Waals surface area (Å²) in [5.74, 6) is 1.76. The highest BCUT2D eigenvalue weighted by Gasteiger charge is 2.03. The van der Waals surface area contributed by atoms with Crippen LogP contribution in [0.3, 0.4) is 0 Å². The Balaban J connectivity index is 1.82. The Hall–Kier alpha value is -0.760. The predicted molar refractivity (Wildman–Crippen MR) is 98.4 cm³/mol. The molecule has 0 unspecified atom stereocenters. The van der Waals surface area contributed by atoms with Crippen LogP contribution < -0.4 is 9.47 Å². The molecular formula is C16H14I2O2.